The van der Waals surface area contributed by atoms with E-state index in [0.29, 0.717) is 28.9 Å². The van der Waals surface area contributed by atoms with Crippen LogP contribution < -0.4 is 4.90 Å². The van der Waals surface area contributed by atoms with Gasteiger partial charge in [-0.15, -0.1) is 0 Å². The van der Waals surface area contributed by atoms with Gasteiger partial charge in [-0.25, -0.2) is 9.18 Å². The molecule has 1 aliphatic carbocycles. The van der Waals surface area contributed by atoms with Crippen LogP contribution in [0, 0.1) is 5.82 Å². The molecule has 5 rings (SSSR count). The Morgan fingerprint density at radius 3 is 2.37 bits per heavy atom. The Balaban J connectivity index is 1.69. The van der Waals surface area contributed by atoms with Gasteiger partial charge in [0.2, 0.25) is 5.91 Å². The highest BCUT2D eigenvalue weighted by molar-refractivity contribution is 6.33. The number of carboxylic acid groups (broad SMARTS) is 1. The fraction of sp³-hybridized carbons (Fsp3) is 0.179. The van der Waals surface area contributed by atoms with Crippen LogP contribution in [-0.4, -0.2) is 22.8 Å². The van der Waals surface area contributed by atoms with E-state index < -0.39 is 17.7 Å². The van der Waals surface area contributed by atoms with Crippen LogP contribution >= 0.6 is 11.6 Å². The molecule has 2 aliphatic rings. The highest BCUT2D eigenvalue weighted by Crippen LogP contribution is 2.47. The van der Waals surface area contributed by atoms with E-state index in [-0.39, 0.29) is 41.0 Å². The van der Waals surface area contributed by atoms with Crippen molar-refractivity contribution in [1.29, 1.82) is 0 Å². The molecule has 1 aliphatic heterocycles. The third kappa shape index (κ3) is 4.15. The summed E-state index contributed by atoms with van der Waals surface area (Å²) < 4.78 is 14.8. The summed E-state index contributed by atoms with van der Waals surface area (Å²) in [5.74, 6) is -3.03. The van der Waals surface area contributed by atoms with Gasteiger partial charge in [-0.1, -0.05) is 60.1 Å². The van der Waals surface area contributed by atoms with Crippen molar-refractivity contribution in [3.8, 4) is 0 Å². The number of carbonyl (C=O) groups excluding carboxylic acids is 2. The molecule has 1 heterocycles. The zero-order chi connectivity index (χ0) is 24.7. The average molecular weight is 490 g/mol. The van der Waals surface area contributed by atoms with Crippen LogP contribution in [0.1, 0.15) is 52.6 Å². The van der Waals surface area contributed by atoms with Crippen molar-refractivity contribution in [2.75, 3.05) is 4.90 Å². The van der Waals surface area contributed by atoms with Crippen LogP contribution in [0.5, 0.6) is 0 Å². The van der Waals surface area contributed by atoms with E-state index in [1.165, 1.54) is 23.1 Å². The Bertz CT molecular complexity index is 1380. The van der Waals surface area contributed by atoms with Crippen LogP contribution in [0.4, 0.5) is 10.1 Å². The van der Waals surface area contributed by atoms with Crippen molar-refractivity contribution in [2.45, 2.75) is 31.1 Å². The number of amides is 1. The molecule has 3 aromatic carbocycles. The molecule has 7 heteroatoms. The van der Waals surface area contributed by atoms with Crippen LogP contribution in [0.3, 0.4) is 0 Å². The van der Waals surface area contributed by atoms with Crippen molar-refractivity contribution in [3.63, 3.8) is 0 Å². The summed E-state index contributed by atoms with van der Waals surface area (Å²) in [6.45, 7) is 0. The average Bonchev–Trinajstić information content (AvgIpc) is 2.84. The highest BCUT2D eigenvalue weighted by Gasteiger charge is 2.43. The summed E-state index contributed by atoms with van der Waals surface area (Å²) in [6, 6.07) is 20.1. The number of ketones is 1. The molecule has 0 fully saturated rings. The van der Waals surface area contributed by atoms with Crippen molar-refractivity contribution >= 4 is 34.9 Å². The van der Waals surface area contributed by atoms with E-state index in [0.717, 1.165) is 5.56 Å². The SMILES string of the molecule is O=C1CC(c2ccccc2)CC2=C1C(c1ccccc1F)CC(=O)N2c1ccc(Cl)c(C(=O)O)c1. The van der Waals surface area contributed by atoms with Crippen molar-refractivity contribution in [2.24, 2.45) is 0 Å². The largest absolute Gasteiger partial charge is 0.478 e. The van der Waals surface area contributed by atoms with E-state index in [4.69, 9.17) is 11.6 Å². The van der Waals surface area contributed by atoms with Gasteiger partial charge in [0, 0.05) is 35.7 Å². The number of Topliss-reactive ketones (excluding diaryl/α,β-unsaturated/α-hetero) is 1. The van der Waals surface area contributed by atoms with E-state index in [2.05, 4.69) is 0 Å². The molecule has 1 N–H and O–H groups in total. The molecule has 0 spiro atoms. The molecule has 35 heavy (non-hydrogen) atoms. The maximum atomic E-state index is 14.8. The van der Waals surface area contributed by atoms with Crippen LogP contribution in [-0.2, 0) is 9.59 Å². The van der Waals surface area contributed by atoms with Gasteiger partial charge in [0.05, 0.1) is 10.6 Å². The first kappa shape index (κ1) is 23.0. The standard InChI is InChI=1S/C28H21ClFNO4/c29-22-11-10-18(14-21(22)28(34)35)31-24-12-17(16-6-2-1-3-7-16)13-25(32)27(24)20(15-26(31)33)19-8-4-5-9-23(19)30/h1-11,14,17,20H,12-13,15H2,(H,34,35). The van der Waals surface area contributed by atoms with Gasteiger partial charge >= 0.3 is 5.97 Å². The lowest BCUT2D eigenvalue weighted by Crippen LogP contribution is -2.42. The Labute approximate surface area is 206 Å². The molecule has 176 valence electrons. The first-order valence-corrected chi connectivity index (χ1v) is 11.6. The summed E-state index contributed by atoms with van der Waals surface area (Å²) in [5, 5.41) is 9.59. The molecule has 2 unspecified atom stereocenters. The van der Waals surface area contributed by atoms with Gasteiger partial charge < -0.3 is 5.11 Å². The summed E-state index contributed by atoms with van der Waals surface area (Å²) >= 11 is 6.06. The topological polar surface area (TPSA) is 74.7 Å². The predicted octanol–water partition coefficient (Wildman–Crippen LogP) is 6.10. The van der Waals surface area contributed by atoms with Gasteiger partial charge in [0.1, 0.15) is 5.82 Å². The molecule has 0 bridgehead atoms. The molecule has 0 saturated carbocycles. The molecule has 0 aromatic heterocycles. The number of benzene rings is 3. The number of hydrogen-bond donors (Lipinski definition) is 1. The number of carbonyl (C=O) groups is 3. The number of rotatable bonds is 4. The Kier molecular flexibility index (Phi) is 5.99. The first-order valence-electron chi connectivity index (χ1n) is 11.3. The lowest BCUT2D eigenvalue weighted by Gasteiger charge is -2.40. The van der Waals surface area contributed by atoms with E-state index in [9.17, 15) is 23.9 Å². The second-order valence-electron chi connectivity index (χ2n) is 8.78. The highest BCUT2D eigenvalue weighted by atomic mass is 35.5. The van der Waals surface area contributed by atoms with Gasteiger partial charge in [0.15, 0.2) is 5.78 Å². The third-order valence-electron chi connectivity index (χ3n) is 6.72. The summed E-state index contributed by atoms with van der Waals surface area (Å²) in [5.41, 5.74) is 2.35. The molecular weight excluding hydrogens is 469 g/mol. The molecule has 2 atom stereocenters. The van der Waals surface area contributed by atoms with Gasteiger partial charge in [-0.2, -0.15) is 0 Å². The Morgan fingerprint density at radius 2 is 1.66 bits per heavy atom. The zero-order valence-electron chi connectivity index (χ0n) is 18.6. The predicted molar refractivity (Wildman–Crippen MR) is 130 cm³/mol. The molecular formula is C28H21ClFNO4. The minimum Gasteiger partial charge on any atom is -0.478 e. The monoisotopic (exact) mass is 489 g/mol. The number of carboxylic acids is 1. The number of anilines is 1. The molecule has 5 nitrogen and oxygen atoms in total. The summed E-state index contributed by atoms with van der Waals surface area (Å²) in [7, 11) is 0. The Morgan fingerprint density at radius 1 is 0.943 bits per heavy atom. The lowest BCUT2D eigenvalue weighted by molar-refractivity contribution is -0.120. The fourth-order valence-corrected chi connectivity index (χ4v) is 5.33. The quantitative estimate of drug-likeness (QED) is 0.480. The summed E-state index contributed by atoms with van der Waals surface area (Å²) in [4.78, 5) is 40.2. The first-order chi connectivity index (χ1) is 16.8. The van der Waals surface area contributed by atoms with E-state index >= 15 is 0 Å². The smallest absolute Gasteiger partial charge is 0.337 e. The fourth-order valence-electron chi connectivity index (χ4n) is 5.14. The summed E-state index contributed by atoms with van der Waals surface area (Å²) in [6.07, 6.45) is 0.524. The minimum absolute atomic E-state index is 0.0472. The number of hydrogen-bond acceptors (Lipinski definition) is 3. The van der Waals surface area contributed by atoms with E-state index in [1.54, 1.807) is 24.3 Å². The lowest BCUT2D eigenvalue weighted by atomic mass is 9.72. The van der Waals surface area contributed by atoms with Crippen LogP contribution in [0.2, 0.25) is 5.02 Å². The van der Waals surface area contributed by atoms with Crippen LogP contribution in [0.25, 0.3) is 0 Å². The normalized spacial score (nSPS) is 20.1. The molecule has 0 saturated heterocycles. The molecule has 1 amide bonds. The van der Waals surface area contributed by atoms with E-state index in [1.807, 2.05) is 30.3 Å². The maximum absolute atomic E-state index is 14.8. The van der Waals surface area contributed by atoms with Crippen molar-refractivity contribution in [1.82, 2.24) is 0 Å². The van der Waals surface area contributed by atoms with Crippen molar-refractivity contribution < 1.29 is 23.9 Å². The number of aromatic carboxylic acids is 1. The van der Waals surface area contributed by atoms with Crippen LogP contribution in [0.15, 0.2) is 84.1 Å². The second-order valence-corrected chi connectivity index (χ2v) is 9.18. The second kappa shape index (κ2) is 9.12. The number of allylic oxidation sites excluding steroid dienone is 2. The number of halogens is 2. The maximum Gasteiger partial charge on any atom is 0.337 e. The van der Waals surface area contributed by atoms with Crippen molar-refractivity contribution in [3.05, 3.63) is 112 Å². The Hall–Kier alpha value is -3.77. The molecule has 3 aromatic rings. The number of nitrogens with zero attached hydrogens (tertiary/aromatic N) is 1. The minimum atomic E-state index is -1.22. The van der Waals surface area contributed by atoms with Gasteiger partial charge in [-0.3, -0.25) is 14.5 Å². The molecule has 0 radical (unpaired) electrons. The third-order valence-corrected chi connectivity index (χ3v) is 7.05. The van der Waals surface area contributed by atoms with Gasteiger partial charge in [0.25, 0.3) is 0 Å². The van der Waals surface area contributed by atoms with Gasteiger partial charge in [-0.05, 0) is 47.7 Å². The zero-order valence-corrected chi connectivity index (χ0v) is 19.3.